The summed E-state index contributed by atoms with van der Waals surface area (Å²) in [6.45, 7) is 2.61. The second-order valence-electron chi connectivity index (χ2n) is 6.51. The largest absolute Gasteiger partial charge is 0.489 e. The highest BCUT2D eigenvalue weighted by molar-refractivity contribution is 7.99. The van der Waals surface area contributed by atoms with Crippen LogP contribution in [0.4, 0.5) is 5.69 Å². The van der Waals surface area contributed by atoms with Gasteiger partial charge in [0.15, 0.2) is 5.82 Å². The van der Waals surface area contributed by atoms with Crippen molar-refractivity contribution >= 4 is 23.4 Å². The van der Waals surface area contributed by atoms with Crippen LogP contribution in [-0.2, 0) is 17.8 Å². The third kappa shape index (κ3) is 6.25. The summed E-state index contributed by atoms with van der Waals surface area (Å²) in [7, 11) is 0. The Bertz CT molecular complexity index is 913. The molecule has 0 fully saturated rings. The second-order valence-corrected chi connectivity index (χ2v) is 7.45. The summed E-state index contributed by atoms with van der Waals surface area (Å²) in [6, 6.07) is 17.3. The van der Waals surface area contributed by atoms with Crippen molar-refractivity contribution < 1.29 is 9.53 Å². The van der Waals surface area contributed by atoms with Gasteiger partial charge in [-0.05, 0) is 36.2 Å². The van der Waals surface area contributed by atoms with Crippen molar-refractivity contribution in [2.75, 3.05) is 16.9 Å². The molecule has 0 aliphatic carbocycles. The number of hydrogen-bond donors (Lipinski definition) is 2. The number of ether oxygens (including phenoxy) is 1. The molecule has 0 aliphatic rings. The number of amides is 1. The first-order valence-corrected chi connectivity index (χ1v) is 10.5. The van der Waals surface area contributed by atoms with Gasteiger partial charge in [-0.15, -0.1) is 10.2 Å². The highest BCUT2D eigenvalue weighted by Crippen LogP contribution is 2.19. The zero-order valence-corrected chi connectivity index (χ0v) is 17.2. The summed E-state index contributed by atoms with van der Waals surface area (Å²) in [5, 5.41) is 11.5. The van der Waals surface area contributed by atoms with Gasteiger partial charge < -0.3 is 15.9 Å². The smallest absolute Gasteiger partial charge is 0.234 e. The van der Waals surface area contributed by atoms with Gasteiger partial charge >= 0.3 is 0 Å². The zero-order chi connectivity index (χ0) is 20.5. The molecule has 1 heterocycles. The predicted octanol–water partition coefficient (Wildman–Crippen LogP) is 3.64. The molecular weight excluding hydrogens is 386 g/mol. The van der Waals surface area contributed by atoms with E-state index in [1.54, 1.807) is 0 Å². The molecule has 0 bridgehead atoms. The zero-order valence-electron chi connectivity index (χ0n) is 16.4. The molecule has 3 rings (SSSR count). The lowest BCUT2D eigenvalue weighted by Gasteiger charge is -2.08. The summed E-state index contributed by atoms with van der Waals surface area (Å²) in [5.74, 6) is 7.55. The lowest BCUT2D eigenvalue weighted by Crippen LogP contribution is -2.17. The van der Waals surface area contributed by atoms with Crippen LogP contribution in [0, 0.1) is 0 Å². The molecule has 0 saturated heterocycles. The number of anilines is 1. The number of benzene rings is 2. The monoisotopic (exact) mass is 411 g/mol. The Morgan fingerprint density at radius 2 is 1.90 bits per heavy atom. The average Bonchev–Trinajstić information content (AvgIpc) is 3.10. The Labute approximate surface area is 174 Å². The van der Waals surface area contributed by atoms with Crippen LogP contribution in [0.1, 0.15) is 31.2 Å². The number of rotatable bonds is 10. The van der Waals surface area contributed by atoms with Gasteiger partial charge in [-0.25, -0.2) is 4.68 Å². The summed E-state index contributed by atoms with van der Waals surface area (Å²) in [6.07, 6.45) is 2.85. The molecule has 1 amide bonds. The van der Waals surface area contributed by atoms with E-state index in [1.807, 2.05) is 54.6 Å². The maximum absolute atomic E-state index is 12.2. The highest BCUT2D eigenvalue weighted by atomic mass is 32.2. The molecule has 0 atom stereocenters. The highest BCUT2D eigenvalue weighted by Gasteiger charge is 2.12. The first-order valence-electron chi connectivity index (χ1n) is 9.54. The maximum atomic E-state index is 12.2. The van der Waals surface area contributed by atoms with E-state index in [4.69, 9.17) is 10.6 Å². The van der Waals surface area contributed by atoms with Gasteiger partial charge in [0, 0.05) is 12.1 Å². The van der Waals surface area contributed by atoms with Crippen LogP contribution in [-0.4, -0.2) is 26.5 Å². The number of nitrogens with one attached hydrogen (secondary N) is 1. The van der Waals surface area contributed by atoms with Crippen LogP contribution < -0.4 is 15.9 Å². The van der Waals surface area contributed by atoms with E-state index in [0.717, 1.165) is 36.4 Å². The van der Waals surface area contributed by atoms with Gasteiger partial charge in [0.1, 0.15) is 12.4 Å². The van der Waals surface area contributed by atoms with Gasteiger partial charge in [0.25, 0.3) is 0 Å². The van der Waals surface area contributed by atoms with Gasteiger partial charge in [-0.1, -0.05) is 55.4 Å². The van der Waals surface area contributed by atoms with Crippen LogP contribution in [0.3, 0.4) is 0 Å². The number of nitrogen functional groups attached to an aromatic ring is 1. The predicted molar refractivity (Wildman–Crippen MR) is 115 cm³/mol. The third-order valence-electron chi connectivity index (χ3n) is 4.21. The molecule has 152 valence electrons. The molecular formula is C21H25N5O2S. The van der Waals surface area contributed by atoms with Crippen molar-refractivity contribution in [3.63, 3.8) is 0 Å². The van der Waals surface area contributed by atoms with Crippen molar-refractivity contribution in [1.29, 1.82) is 0 Å². The molecule has 0 spiro atoms. The van der Waals surface area contributed by atoms with Crippen molar-refractivity contribution in [3.8, 4) is 5.75 Å². The van der Waals surface area contributed by atoms with Gasteiger partial charge in [0.05, 0.1) is 5.75 Å². The number of carbonyl (C=O) groups excluding carboxylic acids is 1. The maximum Gasteiger partial charge on any atom is 0.234 e. The van der Waals surface area contributed by atoms with Crippen molar-refractivity contribution in [3.05, 3.63) is 66.0 Å². The van der Waals surface area contributed by atoms with Gasteiger partial charge in [0.2, 0.25) is 11.1 Å². The van der Waals surface area contributed by atoms with Crippen LogP contribution in [0.2, 0.25) is 0 Å². The Balaban J connectivity index is 1.45. The van der Waals surface area contributed by atoms with Crippen LogP contribution in [0.15, 0.2) is 59.8 Å². The van der Waals surface area contributed by atoms with Crippen LogP contribution in [0.25, 0.3) is 0 Å². The molecule has 3 aromatic rings. The number of nitrogens with two attached hydrogens (primary N) is 1. The van der Waals surface area contributed by atoms with E-state index in [2.05, 4.69) is 22.4 Å². The summed E-state index contributed by atoms with van der Waals surface area (Å²) in [5.41, 5.74) is 1.81. The van der Waals surface area contributed by atoms with E-state index in [1.165, 1.54) is 16.4 Å². The summed E-state index contributed by atoms with van der Waals surface area (Å²) >= 11 is 1.27. The Kier molecular flexibility index (Phi) is 7.52. The molecule has 0 aliphatic heterocycles. The minimum absolute atomic E-state index is 0.133. The molecule has 3 N–H and O–H groups in total. The van der Waals surface area contributed by atoms with Crippen LogP contribution >= 0.6 is 11.8 Å². The standard InChI is InChI=1S/C21H25N5O2S/c1-2-3-9-19-24-25-21(26(19)22)29-15-20(27)23-17-10-12-18(13-11-17)28-14-16-7-5-4-6-8-16/h4-8,10-13H,2-3,9,14-15,22H2,1H3,(H,23,27). The van der Waals surface area contributed by atoms with E-state index in [0.29, 0.717) is 17.5 Å². The van der Waals surface area contributed by atoms with Crippen molar-refractivity contribution in [2.24, 2.45) is 0 Å². The molecule has 7 nitrogen and oxygen atoms in total. The van der Waals surface area contributed by atoms with Gasteiger partial charge in [-0.3, -0.25) is 4.79 Å². The molecule has 1 aromatic heterocycles. The third-order valence-corrected chi connectivity index (χ3v) is 5.15. The number of nitrogens with zero attached hydrogens (tertiary/aromatic N) is 3. The number of carbonyl (C=O) groups is 1. The molecule has 8 heteroatoms. The SMILES string of the molecule is CCCCc1nnc(SCC(=O)Nc2ccc(OCc3ccccc3)cc2)n1N. The number of unbranched alkanes of at least 4 members (excludes halogenated alkanes) is 1. The fraction of sp³-hybridized carbons (Fsp3) is 0.286. The molecule has 29 heavy (non-hydrogen) atoms. The average molecular weight is 412 g/mol. The number of aryl methyl sites for hydroxylation is 1. The summed E-state index contributed by atoms with van der Waals surface area (Å²) < 4.78 is 7.22. The van der Waals surface area contributed by atoms with E-state index >= 15 is 0 Å². The van der Waals surface area contributed by atoms with E-state index in [9.17, 15) is 4.79 Å². The molecule has 2 aromatic carbocycles. The topological polar surface area (TPSA) is 95.1 Å². The minimum Gasteiger partial charge on any atom is -0.489 e. The first kappa shape index (κ1) is 20.7. The number of hydrogen-bond acceptors (Lipinski definition) is 6. The summed E-state index contributed by atoms with van der Waals surface area (Å²) in [4.78, 5) is 12.2. The van der Waals surface area contributed by atoms with Crippen molar-refractivity contribution in [1.82, 2.24) is 14.9 Å². The Morgan fingerprint density at radius 1 is 1.14 bits per heavy atom. The van der Waals surface area contributed by atoms with E-state index < -0.39 is 0 Å². The molecule has 0 unspecified atom stereocenters. The van der Waals surface area contributed by atoms with Crippen LogP contribution in [0.5, 0.6) is 5.75 Å². The molecule has 0 radical (unpaired) electrons. The van der Waals surface area contributed by atoms with E-state index in [-0.39, 0.29) is 11.7 Å². The number of aromatic nitrogens is 3. The lowest BCUT2D eigenvalue weighted by atomic mass is 10.2. The fourth-order valence-corrected chi connectivity index (χ4v) is 3.29. The second kappa shape index (κ2) is 10.5. The quantitative estimate of drug-likeness (QED) is 0.391. The Hall–Kier alpha value is -3.00. The van der Waals surface area contributed by atoms with Crippen molar-refractivity contribution in [2.45, 2.75) is 37.9 Å². The number of thioether (sulfide) groups is 1. The first-order chi connectivity index (χ1) is 14.2. The normalized spacial score (nSPS) is 10.7. The lowest BCUT2D eigenvalue weighted by molar-refractivity contribution is -0.113. The minimum atomic E-state index is -0.133. The molecule has 0 saturated carbocycles. The van der Waals surface area contributed by atoms with Gasteiger partial charge in [-0.2, -0.15) is 0 Å². The fourth-order valence-electron chi connectivity index (χ4n) is 2.61. The Morgan fingerprint density at radius 3 is 2.62 bits per heavy atom.